The summed E-state index contributed by atoms with van der Waals surface area (Å²) in [7, 11) is -4.35. The van der Waals surface area contributed by atoms with Crippen LogP contribution in [0.1, 0.15) is 136 Å². The molecular formula is C35H61NO5S. The molecule has 0 spiro atoms. The highest BCUT2D eigenvalue weighted by Gasteiger charge is 2.24. The molecule has 0 bridgehead atoms. The molecule has 0 heterocycles. The van der Waals surface area contributed by atoms with Gasteiger partial charge in [-0.3, -0.25) is 9.35 Å². The predicted octanol–water partition coefficient (Wildman–Crippen LogP) is 8.95. The van der Waals surface area contributed by atoms with Crippen molar-refractivity contribution in [1.82, 2.24) is 5.32 Å². The molecule has 0 aromatic heterocycles. The lowest BCUT2D eigenvalue weighted by atomic mass is 10.1. The van der Waals surface area contributed by atoms with E-state index in [2.05, 4.69) is 67.8 Å². The van der Waals surface area contributed by atoms with Crippen LogP contribution in [0.4, 0.5) is 0 Å². The number of unbranched alkanes of at least 4 members (excludes halogenated alkanes) is 12. The van der Waals surface area contributed by atoms with E-state index in [0.29, 0.717) is 12.8 Å². The number of carbonyl (C=O) groups is 1. The first kappa shape index (κ1) is 40.0. The van der Waals surface area contributed by atoms with Crippen molar-refractivity contribution in [3.63, 3.8) is 0 Å². The zero-order valence-corrected chi connectivity index (χ0v) is 27.4. The van der Waals surface area contributed by atoms with Crippen molar-refractivity contribution in [1.29, 1.82) is 0 Å². The van der Waals surface area contributed by atoms with Crippen LogP contribution in [0.3, 0.4) is 0 Å². The Labute approximate surface area is 258 Å². The molecule has 0 saturated carbocycles. The Morgan fingerprint density at radius 1 is 0.667 bits per heavy atom. The molecule has 2 unspecified atom stereocenters. The minimum absolute atomic E-state index is 0.265. The molecule has 0 aliphatic heterocycles. The van der Waals surface area contributed by atoms with Crippen LogP contribution < -0.4 is 5.32 Å². The first-order chi connectivity index (χ1) is 20.3. The molecular weight excluding hydrogens is 546 g/mol. The highest BCUT2D eigenvalue weighted by molar-refractivity contribution is 7.85. The van der Waals surface area contributed by atoms with Gasteiger partial charge in [0, 0.05) is 6.42 Å². The van der Waals surface area contributed by atoms with Crippen molar-refractivity contribution >= 4 is 16.0 Å². The van der Waals surface area contributed by atoms with Gasteiger partial charge in [0.05, 0.1) is 17.9 Å². The molecule has 6 nitrogen and oxygen atoms in total. The quantitative estimate of drug-likeness (QED) is 0.0468. The van der Waals surface area contributed by atoms with E-state index in [9.17, 15) is 22.9 Å². The number of aliphatic hydroxyl groups excluding tert-OH is 1. The second-order valence-corrected chi connectivity index (χ2v) is 12.5. The molecule has 7 heteroatoms. The molecule has 0 aliphatic carbocycles. The molecule has 242 valence electrons. The summed E-state index contributed by atoms with van der Waals surface area (Å²) < 4.78 is 32.2. The van der Waals surface area contributed by atoms with Gasteiger partial charge >= 0.3 is 0 Å². The van der Waals surface area contributed by atoms with E-state index in [-0.39, 0.29) is 12.3 Å². The van der Waals surface area contributed by atoms with E-state index < -0.39 is 28.0 Å². The Morgan fingerprint density at radius 2 is 1.17 bits per heavy atom. The summed E-state index contributed by atoms with van der Waals surface area (Å²) in [6.07, 6.45) is 39.1. The van der Waals surface area contributed by atoms with Crippen LogP contribution in [0.15, 0.2) is 60.8 Å². The van der Waals surface area contributed by atoms with Crippen LogP contribution in [-0.4, -0.2) is 41.9 Å². The summed E-state index contributed by atoms with van der Waals surface area (Å²) in [5.41, 5.74) is 0. The summed E-state index contributed by atoms with van der Waals surface area (Å²) in [5.74, 6) is -1.03. The molecule has 0 rings (SSSR count). The van der Waals surface area contributed by atoms with E-state index >= 15 is 0 Å². The smallest absolute Gasteiger partial charge is 0.267 e. The van der Waals surface area contributed by atoms with Gasteiger partial charge in [-0.05, 0) is 64.2 Å². The first-order valence-corrected chi connectivity index (χ1v) is 18.1. The van der Waals surface area contributed by atoms with Gasteiger partial charge in [-0.2, -0.15) is 8.42 Å². The second kappa shape index (κ2) is 29.1. The Morgan fingerprint density at radius 3 is 1.79 bits per heavy atom. The Kier molecular flexibility index (Phi) is 27.8. The van der Waals surface area contributed by atoms with Gasteiger partial charge < -0.3 is 10.4 Å². The standard InChI is InChI=1S/C35H61NO5S/c1-3-5-7-9-11-13-15-17-18-19-21-23-25-27-29-31-35(38)36-33(32-42(39,40)41)34(37)30-28-26-24-22-20-16-14-12-10-8-6-4-2/h5,7,11,13,17-18,20,22,28,30,33-34,37H,3-4,6,8-10,12,14-16,19,21,23-27,29,31-32H2,1-2H3,(H,36,38)(H,39,40,41)/b7-5-,13-11-,18-17-,22-20+,30-28+. The first-order valence-electron chi connectivity index (χ1n) is 16.5. The molecule has 42 heavy (non-hydrogen) atoms. The third-order valence-corrected chi connectivity index (χ3v) is 7.71. The number of amides is 1. The number of carbonyl (C=O) groups excluding carboxylic acids is 1. The van der Waals surface area contributed by atoms with E-state index in [1.165, 1.54) is 44.6 Å². The van der Waals surface area contributed by atoms with Crippen LogP contribution in [0.2, 0.25) is 0 Å². The average Bonchev–Trinajstić information content (AvgIpc) is 2.94. The van der Waals surface area contributed by atoms with E-state index in [1.54, 1.807) is 6.08 Å². The van der Waals surface area contributed by atoms with Crippen LogP contribution in [0.5, 0.6) is 0 Å². The largest absolute Gasteiger partial charge is 0.387 e. The summed E-state index contributed by atoms with van der Waals surface area (Å²) in [6.45, 7) is 4.36. The maximum Gasteiger partial charge on any atom is 0.267 e. The van der Waals surface area contributed by atoms with E-state index in [4.69, 9.17) is 0 Å². The van der Waals surface area contributed by atoms with Crippen molar-refractivity contribution in [2.75, 3.05) is 5.75 Å². The van der Waals surface area contributed by atoms with Crippen molar-refractivity contribution in [2.45, 2.75) is 148 Å². The number of allylic oxidation sites excluding steroid dienone is 9. The number of rotatable bonds is 28. The zero-order valence-electron chi connectivity index (χ0n) is 26.6. The van der Waals surface area contributed by atoms with Crippen LogP contribution in [-0.2, 0) is 14.9 Å². The Bertz CT molecular complexity index is 889. The van der Waals surface area contributed by atoms with Gasteiger partial charge in [-0.15, -0.1) is 0 Å². The van der Waals surface area contributed by atoms with Crippen LogP contribution in [0.25, 0.3) is 0 Å². The van der Waals surface area contributed by atoms with Gasteiger partial charge in [0.15, 0.2) is 0 Å². The zero-order chi connectivity index (χ0) is 31.2. The molecule has 0 aromatic carbocycles. The number of nitrogens with one attached hydrogen (secondary N) is 1. The second-order valence-electron chi connectivity index (χ2n) is 11.0. The van der Waals surface area contributed by atoms with Crippen LogP contribution in [0, 0.1) is 0 Å². The predicted molar refractivity (Wildman–Crippen MR) is 179 cm³/mol. The number of aliphatic hydroxyl groups is 1. The van der Waals surface area contributed by atoms with Gasteiger partial charge in [0.25, 0.3) is 10.1 Å². The normalized spacial score (nSPS) is 14.3. The number of hydrogen-bond acceptors (Lipinski definition) is 4. The maximum atomic E-state index is 12.4. The fourth-order valence-electron chi connectivity index (χ4n) is 4.48. The summed E-state index contributed by atoms with van der Waals surface area (Å²) in [4.78, 5) is 12.4. The SMILES string of the molecule is CC/C=C\C/C=C\C/C=C\CCCCCCCC(=O)NC(CS(=O)(=O)O)C(O)/C=C/CC/C=C/CCCCCCCC. The Balaban J connectivity index is 4.15. The summed E-state index contributed by atoms with van der Waals surface area (Å²) >= 11 is 0. The third kappa shape index (κ3) is 29.5. The van der Waals surface area contributed by atoms with Gasteiger partial charge in [0.2, 0.25) is 5.91 Å². The molecule has 0 radical (unpaired) electrons. The third-order valence-electron chi connectivity index (χ3n) is 6.93. The molecule has 2 atom stereocenters. The maximum absolute atomic E-state index is 12.4. The van der Waals surface area contributed by atoms with Crippen molar-refractivity contribution in [3.8, 4) is 0 Å². The van der Waals surface area contributed by atoms with E-state index in [0.717, 1.165) is 64.2 Å². The molecule has 0 saturated heterocycles. The van der Waals surface area contributed by atoms with E-state index in [1.807, 2.05) is 0 Å². The average molecular weight is 608 g/mol. The lowest BCUT2D eigenvalue weighted by molar-refractivity contribution is -0.122. The molecule has 0 aliphatic rings. The topological polar surface area (TPSA) is 104 Å². The highest BCUT2D eigenvalue weighted by Crippen LogP contribution is 2.10. The van der Waals surface area contributed by atoms with Crippen molar-refractivity contribution < 1.29 is 22.9 Å². The highest BCUT2D eigenvalue weighted by atomic mass is 32.2. The lowest BCUT2D eigenvalue weighted by Crippen LogP contribution is -2.46. The summed E-state index contributed by atoms with van der Waals surface area (Å²) in [5, 5.41) is 13.1. The molecule has 0 aromatic rings. The monoisotopic (exact) mass is 607 g/mol. The van der Waals surface area contributed by atoms with Crippen molar-refractivity contribution in [3.05, 3.63) is 60.8 Å². The van der Waals surface area contributed by atoms with Gasteiger partial charge in [-0.1, -0.05) is 126 Å². The number of hydrogen-bond donors (Lipinski definition) is 3. The van der Waals surface area contributed by atoms with Crippen molar-refractivity contribution in [2.24, 2.45) is 0 Å². The fraction of sp³-hybridized carbons (Fsp3) is 0.686. The van der Waals surface area contributed by atoms with Gasteiger partial charge in [0.1, 0.15) is 0 Å². The summed E-state index contributed by atoms with van der Waals surface area (Å²) in [6, 6.07) is -1.08. The Hall–Kier alpha value is -1.96. The minimum Gasteiger partial charge on any atom is -0.387 e. The fourth-order valence-corrected chi connectivity index (χ4v) is 5.21. The molecule has 3 N–H and O–H groups in total. The minimum atomic E-state index is -4.35. The van der Waals surface area contributed by atoms with Gasteiger partial charge in [-0.25, -0.2) is 0 Å². The lowest BCUT2D eigenvalue weighted by Gasteiger charge is -2.21. The molecule has 1 amide bonds. The van der Waals surface area contributed by atoms with Crippen LogP contribution >= 0.6 is 0 Å². The molecule has 0 fully saturated rings.